The van der Waals surface area contributed by atoms with E-state index in [4.69, 9.17) is 5.73 Å². The fourth-order valence-electron chi connectivity index (χ4n) is 2.58. The molecule has 0 saturated carbocycles. The average molecular weight is 287 g/mol. The molecule has 20 heavy (non-hydrogen) atoms. The summed E-state index contributed by atoms with van der Waals surface area (Å²) in [7, 11) is 0. The molecule has 8 nitrogen and oxygen atoms in total. The van der Waals surface area contributed by atoms with E-state index in [0.717, 1.165) is 0 Å². The van der Waals surface area contributed by atoms with Crippen molar-refractivity contribution in [3.05, 3.63) is 0 Å². The molecule has 4 N–H and O–H groups in total. The van der Waals surface area contributed by atoms with E-state index in [1.807, 2.05) is 6.92 Å². The second kappa shape index (κ2) is 6.97. The van der Waals surface area contributed by atoms with Crippen LogP contribution in [0.15, 0.2) is 0 Å². The molecule has 0 radical (unpaired) electrons. The Bertz CT molecular complexity index is 387. The van der Waals surface area contributed by atoms with Crippen LogP contribution >= 0.6 is 0 Å². The van der Waals surface area contributed by atoms with E-state index >= 15 is 0 Å². The summed E-state index contributed by atoms with van der Waals surface area (Å²) in [6.45, 7) is 2.36. The molecule has 0 aliphatic carbocycles. The first-order valence-electron chi connectivity index (χ1n) is 6.65. The zero-order valence-corrected chi connectivity index (χ0v) is 11.6. The number of hydrogen-bond acceptors (Lipinski definition) is 4. The van der Waals surface area contributed by atoms with Crippen LogP contribution in [0.4, 0.5) is 9.59 Å². The van der Waals surface area contributed by atoms with Crippen molar-refractivity contribution in [3.63, 3.8) is 0 Å². The molecule has 3 amide bonds. The van der Waals surface area contributed by atoms with Crippen molar-refractivity contribution in [2.45, 2.75) is 38.1 Å². The van der Waals surface area contributed by atoms with E-state index in [1.165, 1.54) is 4.90 Å². The van der Waals surface area contributed by atoms with Gasteiger partial charge in [0.05, 0.1) is 6.54 Å². The number of carboxylic acid groups (broad SMARTS) is 1. The SMILES string of the molecule is CCCC1(C(=O)O)CCCN1C(=O)NCCOC(N)=O. The Kier molecular flexibility index (Phi) is 5.60. The highest BCUT2D eigenvalue weighted by Crippen LogP contribution is 2.33. The van der Waals surface area contributed by atoms with E-state index in [-0.39, 0.29) is 13.2 Å². The minimum Gasteiger partial charge on any atom is -0.479 e. The summed E-state index contributed by atoms with van der Waals surface area (Å²) < 4.78 is 4.49. The number of urea groups is 1. The second-order valence-electron chi connectivity index (χ2n) is 4.74. The van der Waals surface area contributed by atoms with Crippen molar-refractivity contribution >= 4 is 18.1 Å². The van der Waals surface area contributed by atoms with Crippen molar-refractivity contribution in [2.24, 2.45) is 5.73 Å². The average Bonchev–Trinajstić information content (AvgIpc) is 2.79. The third-order valence-electron chi connectivity index (χ3n) is 3.42. The third-order valence-corrected chi connectivity index (χ3v) is 3.42. The molecule has 0 aromatic carbocycles. The monoisotopic (exact) mass is 287 g/mol. The highest BCUT2D eigenvalue weighted by Gasteiger charge is 2.49. The fourth-order valence-corrected chi connectivity index (χ4v) is 2.58. The first kappa shape index (κ1) is 16.1. The first-order valence-corrected chi connectivity index (χ1v) is 6.65. The van der Waals surface area contributed by atoms with Gasteiger partial charge in [0.15, 0.2) is 0 Å². The maximum Gasteiger partial charge on any atom is 0.404 e. The van der Waals surface area contributed by atoms with Gasteiger partial charge in [-0.1, -0.05) is 13.3 Å². The van der Waals surface area contributed by atoms with E-state index in [9.17, 15) is 19.5 Å². The molecular formula is C12H21N3O5. The summed E-state index contributed by atoms with van der Waals surface area (Å²) in [6.07, 6.45) is 1.32. The van der Waals surface area contributed by atoms with Crippen molar-refractivity contribution in [3.8, 4) is 0 Å². The van der Waals surface area contributed by atoms with Crippen LogP contribution in [0.3, 0.4) is 0 Å². The van der Waals surface area contributed by atoms with Crippen LogP contribution in [0.25, 0.3) is 0 Å². The van der Waals surface area contributed by atoms with E-state index < -0.39 is 23.6 Å². The molecule has 1 aliphatic rings. The van der Waals surface area contributed by atoms with Gasteiger partial charge in [-0.3, -0.25) is 0 Å². The highest BCUT2D eigenvalue weighted by atomic mass is 16.5. The number of carbonyl (C=O) groups is 3. The van der Waals surface area contributed by atoms with Crippen LogP contribution in [0.2, 0.25) is 0 Å². The number of carbonyl (C=O) groups excluding carboxylic acids is 2. The lowest BCUT2D eigenvalue weighted by molar-refractivity contribution is -0.148. The number of nitrogens with two attached hydrogens (primary N) is 1. The molecule has 0 aromatic rings. The largest absolute Gasteiger partial charge is 0.479 e. The number of aliphatic carboxylic acids is 1. The zero-order chi connectivity index (χ0) is 15.2. The van der Waals surface area contributed by atoms with E-state index in [0.29, 0.717) is 32.2 Å². The summed E-state index contributed by atoms with van der Waals surface area (Å²) in [5.74, 6) is -0.972. The molecule has 1 unspecified atom stereocenters. The molecule has 0 spiro atoms. The highest BCUT2D eigenvalue weighted by molar-refractivity contribution is 5.87. The molecule has 8 heteroatoms. The minimum absolute atomic E-state index is 0.0389. The van der Waals surface area contributed by atoms with Crippen LogP contribution in [-0.4, -0.2) is 53.3 Å². The summed E-state index contributed by atoms with van der Waals surface area (Å²) in [6, 6.07) is -0.452. The maximum atomic E-state index is 12.1. The van der Waals surface area contributed by atoms with Crippen molar-refractivity contribution in [1.29, 1.82) is 0 Å². The summed E-state index contributed by atoms with van der Waals surface area (Å²) in [5, 5.41) is 12.0. The topological polar surface area (TPSA) is 122 Å². The smallest absolute Gasteiger partial charge is 0.404 e. The third kappa shape index (κ3) is 3.52. The van der Waals surface area contributed by atoms with Gasteiger partial charge in [-0.2, -0.15) is 0 Å². The predicted octanol–water partition coefficient (Wildman–Crippen LogP) is 0.511. The van der Waals surface area contributed by atoms with Crippen LogP contribution in [-0.2, 0) is 9.53 Å². The number of primary amides is 1. The summed E-state index contributed by atoms with van der Waals surface area (Å²) in [5.41, 5.74) is 3.67. The normalized spacial score (nSPS) is 21.6. The molecule has 1 rings (SSSR count). The van der Waals surface area contributed by atoms with Gasteiger partial charge in [0.1, 0.15) is 12.1 Å². The lowest BCUT2D eigenvalue weighted by Crippen LogP contribution is -2.56. The van der Waals surface area contributed by atoms with Gasteiger partial charge in [-0.25, -0.2) is 14.4 Å². The predicted molar refractivity (Wildman–Crippen MR) is 70.1 cm³/mol. The molecule has 0 bridgehead atoms. The molecule has 114 valence electrons. The van der Waals surface area contributed by atoms with E-state index in [1.54, 1.807) is 0 Å². The van der Waals surface area contributed by atoms with Gasteiger partial charge in [0.25, 0.3) is 0 Å². The van der Waals surface area contributed by atoms with Gasteiger partial charge in [-0.15, -0.1) is 0 Å². The molecule has 1 aliphatic heterocycles. The Morgan fingerprint density at radius 3 is 2.70 bits per heavy atom. The number of likely N-dealkylation sites (tertiary alicyclic amines) is 1. The molecule has 1 fully saturated rings. The van der Waals surface area contributed by atoms with Crippen molar-refractivity contribution in [2.75, 3.05) is 19.7 Å². The van der Waals surface area contributed by atoms with Gasteiger partial charge < -0.3 is 25.8 Å². The van der Waals surface area contributed by atoms with Gasteiger partial charge in [0.2, 0.25) is 0 Å². The Morgan fingerprint density at radius 2 is 2.15 bits per heavy atom. The standard InChI is InChI=1S/C12H21N3O5/c1-2-4-12(9(16)17)5-3-7-15(12)11(19)14-6-8-20-10(13)18/h2-8H2,1H3,(H2,13,18)(H,14,19)(H,16,17). The summed E-state index contributed by atoms with van der Waals surface area (Å²) in [4.78, 5) is 35.3. The van der Waals surface area contributed by atoms with Crippen LogP contribution in [0.1, 0.15) is 32.6 Å². The van der Waals surface area contributed by atoms with Crippen LogP contribution < -0.4 is 11.1 Å². The van der Waals surface area contributed by atoms with E-state index in [2.05, 4.69) is 10.1 Å². The number of nitrogens with one attached hydrogen (secondary N) is 1. The number of amides is 3. The fraction of sp³-hybridized carbons (Fsp3) is 0.750. The number of hydrogen-bond donors (Lipinski definition) is 3. The first-order chi connectivity index (χ1) is 9.44. The van der Waals surface area contributed by atoms with Crippen molar-refractivity contribution in [1.82, 2.24) is 10.2 Å². The number of nitrogens with zero attached hydrogens (tertiary/aromatic N) is 1. The maximum absolute atomic E-state index is 12.1. The zero-order valence-electron chi connectivity index (χ0n) is 11.6. The van der Waals surface area contributed by atoms with Crippen LogP contribution in [0, 0.1) is 0 Å². The number of carboxylic acids is 1. The minimum atomic E-state index is -1.12. The lowest BCUT2D eigenvalue weighted by atomic mass is 9.91. The molecular weight excluding hydrogens is 266 g/mol. The Balaban J connectivity index is 2.60. The number of rotatable bonds is 6. The van der Waals surface area contributed by atoms with Gasteiger partial charge in [-0.05, 0) is 19.3 Å². The summed E-state index contributed by atoms with van der Waals surface area (Å²) >= 11 is 0. The second-order valence-corrected chi connectivity index (χ2v) is 4.74. The van der Waals surface area contributed by atoms with Crippen LogP contribution in [0.5, 0.6) is 0 Å². The van der Waals surface area contributed by atoms with Crippen molar-refractivity contribution < 1.29 is 24.2 Å². The molecule has 1 heterocycles. The number of ether oxygens (including phenoxy) is 1. The van der Waals surface area contributed by atoms with Gasteiger partial charge >= 0.3 is 18.1 Å². The lowest BCUT2D eigenvalue weighted by Gasteiger charge is -2.34. The molecule has 1 saturated heterocycles. The Morgan fingerprint density at radius 1 is 1.45 bits per heavy atom. The molecule has 0 aromatic heterocycles. The Labute approximate surface area is 117 Å². The molecule has 1 atom stereocenters. The Hall–Kier alpha value is -1.99. The van der Waals surface area contributed by atoms with Gasteiger partial charge in [0, 0.05) is 6.54 Å². The quantitative estimate of drug-likeness (QED) is 0.614.